The van der Waals surface area contributed by atoms with Gasteiger partial charge < -0.3 is 0 Å². The number of para-hydroxylation sites is 1. The Kier molecular flexibility index (Phi) is 3.32. The van der Waals surface area contributed by atoms with E-state index in [-0.39, 0.29) is 10.3 Å². The summed E-state index contributed by atoms with van der Waals surface area (Å²) in [6.45, 7) is 0. The lowest BCUT2D eigenvalue weighted by atomic mass is 10.0. The van der Waals surface area contributed by atoms with Crippen molar-refractivity contribution in [1.29, 1.82) is 0 Å². The summed E-state index contributed by atoms with van der Waals surface area (Å²) in [6, 6.07) is 13.4. The van der Waals surface area contributed by atoms with Gasteiger partial charge in [0.05, 0.1) is 9.99 Å². The molecule has 98 valence electrons. The lowest BCUT2D eigenvalue weighted by Gasteiger charge is -2.05. The van der Waals surface area contributed by atoms with Crippen LogP contribution < -0.4 is 0 Å². The quantitative estimate of drug-likeness (QED) is 0.653. The summed E-state index contributed by atoms with van der Waals surface area (Å²) in [5, 5.41) is 0.902. The molecule has 1 heterocycles. The van der Waals surface area contributed by atoms with Crippen LogP contribution in [0.3, 0.4) is 0 Å². The number of hydrogen-bond acceptors (Lipinski definition) is 2. The molecule has 0 spiro atoms. The zero-order chi connectivity index (χ0) is 14.1. The van der Waals surface area contributed by atoms with E-state index in [9.17, 15) is 9.18 Å². The number of nitrogens with zero attached hydrogens (tertiary/aromatic N) is 1. The number of fused-ring (bicyclic) bond motifs is 1. The molecule has 0 aliphatic heterocycles. The molecule has 2 nitrogen and oxygen atoms in total. The van der Waals surface area contributed by atoms with Crippen molar-refractivity contribution < 1.29 is 9.18 Å². The van der Waals surface area contributed by atoms with E-state index in [1.54, 1.807) is 12.3 Å². The van der Waals surface area contributed by atoms with Gasteiger partial charge in [-0.05, 0) is 46.3 Å². The fourth-order valence-corrected chi connectivity index (χ4v) is 2.46. The Hall–Kier alpha value is -2.07. The van der Waals surface area contributed by atoms with Crippen molar-refractivity contribution in [1.82, 2.24) is 4.98 Å². The third-order valence-corrected chi connectivity index (χ3v) is 3.67. The minimum Gasteiger partial charge on any atom is -0.289 e. The van der Waals surface area contributed by atoms with E-state index < -0.39 is 5.82 Å². The zero-order valence-electron chi connectivity index (χ0n) is 10.3. The van der Waals surface area contributed by atoms with Crippen LogP contribution in [0, 0.1) is 5.82 Å². The Balaban J connectivity index is 2.15. The number of aromatic nitrogens is 1. The summed E-state index contributed by atoms with van der Waals surface area (Å²) in [7, 11) is 0. The van der Waals surface area contributed by atoms with Gasteiger partial charge in [-0.15, -0.1) is 0 Å². The maximum absolute atomic E-state index is 13.2. The first kappa shape index (κ1) is 12.9. The van der Waals surface area contributed by atoms with Crippen molar-refractivity contribution in [2.45, 2.75) is 0 Å². The average Bonchev–Trinajstić information content (AvgIpc) is 2.49. The molecule has 0 bridgehead atoms. The molecule has 0 N–H and O–H groups in total. The van der Waals surface area contributed by atoms with Crippen molar-refractivity contribution >= 4 is 32.6 Å². The number of carbonyl (C=O) groups is 1. The van der Waals surface area contributed by atoms with Gasteiger partial charge in [0, 0.05) is 22.7 Å². The summed E-state index contributed by atoms with van der Waals surface area (Å²) in [4.78, 5) is 16.8. The number of halogens is 2. The van der Waals surface area contributed by atoms with E-state index in [0.717, 1.165) is 5.39 Å². The number of rotatable bonds is 2. The van der Waals surface area contributed by atoms with E-state index in [1.165, 1.54) is 18.2 Å². The highest BCUT2D eigenvalue weighted by atomic mass is 79.9. The van der Waals surface area contributed by atoms with Crippen LogP contribution in [0.4, 0.5) is 4.39 Å². The first-order valence-electron chi connectivity index (χ1n) is 6.00. The van der Waals surface area contributed by atoms with Crippen LogP contribution in [-0.4, -0.2) is 10.8 Å². The maximum Gasteiger partial charge on any atom is 0.195 e. The van der Waals surface area contributed by atoms with Gasteiger partial charge in [-0.1, -0.05) is 18.2 Å². The molecular formula is C16H9BrFNO. The second kappa shape index (κ2) is 5.13. The minimum atomic E-state index is -0.391. The number of ketones is 1. The van der Waals surface area contributed by atoms with Crippen molar-refractivity contribution in [3.05, 3.63) is 76.1 Å². The van der Waals surface area contributed by atoms with E-state index in [4.69, 9.17) is 0 Å². The standard InChI is InChI=1S/C16H9BrFNO/c17-13-9-11(6-7-14(13)18)16(20)12-5-1-3-10-4-2-8-19-15(10)12/h1-9H. The average molecular weight is 330 g/mol. The number of hydrogen-bond donors (Lipinski definition) is 0. The largest absolute Gasteiger partial charge is 0.289 e. The smallest absolute Gasteiger partial charge is 0.195 e. The van der Waals surface area contributed by atoms with Gasteiger partial charge >= 0.3 is 0 Å². The van der Waals surface area contributed by atoms with Crippen molar-refractivity contribution in [3.63, 3.8) is 0 Å². The second-order valence-corrected chi connectivity index (χ2v) is 5.19. The second-order valence-electron chi connectivity index (χ2n) is 4.34. The lowest BCUT2D eigenvalue weighted by Crippen LogP contribution is -2.03. The maximum atomic E-state index is 13.2. The predicted octanol–water partition coefficient (Wildman–Crippen LogP) is 4.37. The molecule has 1 aromatic heterocycles. The summed E-state index contributed by atoms with van der Waals surface area (Å²) >= 11 is 3.09. The molecule has 2 aromatic carbocycles. The fourth-order valence-electron chi connectivity index (χ4n) is 2.08. The van der Waals surface area contributed by atoms with Gasteiger partial charge in [0.25, 0.3) is 0 Å². The molecule has 0 fully saturated rings. The summed E-state index contributed by atoms with van der Waals surface area (Å²) in [6.07, 6.45) is 1.65. The summed E-state index contributed by atoms with van der Waals surface area (Å²) in [5.41, 5.74) is 1.60. The number of benzene rings is 2. The van der Waals surface area contributed by atoms with Crippen molar-refractivity contribution in [2.75, 3.05) is 0 Å². The summed E-state index contributed by atoms with van der Waals surface area (Å²) in [5.74, 6) is -0.562. The molecule has 0 saturated heterocycles. The Bertz CT molecular complexity index is 811. The number of carbonyl (C=O) groups excluding carboxylic acids is 1. The molecule has 0 aliphatic carbocycles. The highest BCUT2D eigenvalue weighted by molar-refractivity contribution is 9.10. The van der Waals surface area contributed by atoms with Crippen LogP contribution in [0.5, 0.6) is 0 Å². The van der Waals surface area contributed by atoms with Crippen LogP contribution >= 0.6 is 15.9 Å². The van der Waals surface area contributed by atoms with Crippen LogP contribution in [0.15, 0.2) is 59.2 Å². The first-order valence-corrected chi connectivity index (χ1v) is 6.79. The highest BCUT2D eigenvalue weighted by Gasteiger charge is 2.14. The molecule has 4 heteroatoms. The van der Waals surface area contributed by atoms with Gasteiger partial charge in [-0.3, -0.25) is 9.78 Å². The normalized spacial score (nSPS) is 10.7. The predicted molar refractivity (Wildman–Crippen MR) is 79.3 cm³/mol. The summed E-state index contributed by atoms with van der Waals surface area (Å²) < 4.78 is 13.5. The molecule has 0 aliphatic rings. The molecule has 0 radical (unpaired) electrons. The molecule has 0 unspecified atom stereocenters. The Morgan fingerprint density at radius 3 is 2.70 bits per heavy atom. The topological polar surface area (TPSA) is 30.0 Å². The molecule has 3 aromatic rings. The van der Waals surface area contributed by atoms with Gasteiger partial charge in [0.15, 0.2) is 5.78 Å². The highest BCUT2D eigenvalue weighted by Crippen LogP contribution is 2.22. The molecule has 0 atom stereocenters. The van der Waals surface area contributed by atoms with Crippen molar-refractivity contribution in [3.8, 4) is 0 Å². The lowest BCUT2D eigenvalue weighted by molar-refractivity contribution is 0.104. The van der Waals surface area contributed by atoms with Crippen LogP contribution in [-0.2, 0) is 0 Å². The molecular weight excluding hydrogens is 321 g/mol. The van der Waals surface area contributed by atoms with Crippen LogP contribution in [0.2, 0.25) is 0 Å². The van der Waals surface area contributed by atoms with E-state index in [0.29, 0.717) is 16.6 Å². The third-order valence-electron chi connectivity index (χ3n) is 3.06. The van der Waals surface area contributed by atoms with Crippen LogP contribution in [0.1, 0.15) is 15.9 Å². The molecule has 0 amide bonds. The van der Waals surface area contributed by atoms with Gasteiger partial charge in [0.1, 0.15) is 5.82 Å². The SMILES string of the molecule is O=C(c1ccc(F)c(Br)c1)c1cccc2cccnc12. The molecule has 3 rings (SSSR count). The van der Waals surface area contributed by atoms with Gasteiger partial charge in [-0.25, -0.2) is 4.39 Å². The number of pyridine rings is 1. The Morgan fingerprint density at radius 2 is 1.90 bits per heavy atom. The zero-order valence-corrected chi connectivity index (χ0v) is 11.9. The molecule has 20 heavy (non-hydrogen) atoms. The Labute approximate surface area is 123 Å². The Morgan fingerprint density at radius 1 is 1.10 bits per heavy atom. The van der Waals surface area contributed by atoms with Crippen LogP contribution in [0.25, 0.3) is 10.9 Å². The fraction of sp³-hybridized carbons (Fsp3) is 0. The minimum absolute atomic E-state index is 0.171. The van der Waals surface area contributed by atoms with Gasteiger partial charge in [-0.2, -0.15) is 0 Å². The first-order chi connectivity index (χ1) is 9.66. The monoisotopic (exact) mass is 329 g/mol. The van der Waals surface area contributed by atoms with Crippen molar-refractivity contribution in [2.24, 2.45) is 0 Å². The van der Waals surface area contributed by atoms with E-state index >= 15 is 0 Å². The van der Waals surface area contributed by atoms with E-state index in [2.05, 4.69) is 20.9 Å². The molecule has 0 saturated carbocycles. The third kappa shape index (κ3) is 2.23. The van der Waals surface area contributed by atoms with Gasteiger partial charge in [0.2, 0.25) is 0 Å². The van der Waals surface area contributed by atoms with E-state index in [1.807, 2.05) is 24.3 Å².